The summed E-state index contributed by atoms with van der Waals surface area (Å²) in [5.74, 6) is -0.835. The topological polar surface area (TPSA) is 233 Å². The number of aromatic nitrogens is 2. The molecule has 4 N–H and O–H groups in total. The Hall–Kier alpha value is -2.00. The Labute approximate surface area is 191 Å². The Morgan fingerprint density at radius 1 is 1.15 bits per heavy atom. The Balaban J connectivity index is 1.57. The summed E-state index contributed by atoms with van der Waals surface area (Å²) < 4.78 is 43.1. The number of benzene rings is 1. The zero-order chi connectivity index (χ0) is 25.1. The summed E-state index contributed by atoms with van der Waals surface area (Å²) in [4.78, 5) is 36.6. The second-order valence-electron chi connectivity index (χ2n) is 7.05. The van der Waals surface area contributed by atoms with Crippen LogP contribution in [0.4, 0.5) is 0 Å². The number of aliphatic hydroxyl groups excluding tert-OH is 3. The number of rotatable bonds is 10. The summed E-state index contributed by atoms with van der Waals surface area (Å²) in [6.07, 6.45) is -5.46. The van der Waals surface area contributed by atoms with Crippen molar-refractivity contribution in [3.8, 4) is 5.88 Å². The van der Waals surface area contributed by atoms with Gasteiger partial charge in [0.05, 0.1) is 19.8 Å². The predicted molar refractivity (Wildman–Crippen MR) is 105 cm³/mol. The molecule has 1 fully saturated rings. The van der Waals surface area contributed by atoms with Crippen molar-refractivity contribution in [1.29, 1.82) is 0 Å². The quantitative estimate of drug-likeness (QED) is 0.253. The monoisotopic (exact) mass is 522 g/mol. The van der Waals surface area contributed by atoms with Gasteiger partial charge in [0, 0.05) is 6.20 Å². The summed E-state index contributed by atoms with van der Waals surface area (Å²) in [7, 11) is -10.6. The van der Waals surface area contributed by atoms with E-state index in [9.17, 15) is 39.0 Å². The second kappa shape index (κ2) is 10.7. The van der Waals surface area contributed by atoms with Crippen LogP contribution >= 0.6 is 15.6 Å². The van der Waals surface area contributed by atoms with E-state index >= 15 is 0 Å². The first-order valence-corrected chi connectivity index (χ1v) is 12.5. The van der Waals surface area contributed by atoms with Crippen LogP contribution in [-0.2, 0) is 40.4 Å². The molecule has 1 saturated heterocycles. The number of hydrogen-bond acceptors (Lipinski definition) is 13. The number of nitrogens with zero attached hydrogens (tertiary/aromatic N) is 2. The van der Waals surface area contributed by atoms with E-state index < -0.39 is 65.0 Å². The zero-order valence-corrected chi connectivity index (χ0v) is 18.9. The average molecular weight is 522 g/mol. The predicted octanol–water partition coefficient (Wildman–Crippen LogP) is -1.75. The van der Waals surface area contributed by atoms with Gasteiger partial charge in [-0.25, -0.2) is 18.7 Å². The van der Waals surface area contributed by atoms with Gasteiger partial charge in [0.2, 0.25) is 0 Å². The molecule has 6 atom stereocenters. The largest absolute Gasteiger partial charge is 0.858 e. The van der Waals surface area contributed by atoms with Crippen molar-refractivity contribution in [2.75, 3.05) is 6.61 Å². The van der Waals surface area contributed by atoms with Crippen LogP contribution in [0, 0.1) is 0 Å². The summed E-state index contributed by atoms with van der Waals surface area (Å²) in [5.41, 5.74) is -0.260. The maximum Gasteiger partial charge on any atom is 0.478 e. The van der Waals surface area contributed by atoms with Crippen LogP contribution in [0.2, 0.25) is 0 Å². The van der Waals surface area contributed by atoms with Gasteiger partial charge in [-0.3, -0.25) is 13.7 Å². The summed E-state index contributed by atoms with van der Waals surface area (Å²) >= 11 is 0. The van der Waals surface area contributed by atoms with Crippen molar-refractivity contribution in [3.63, 3.8) is 0 Å². The molecule has 0 spiro atoms. The van der Waals surface area contributed by atoms with Crippen molar-refractivity contribution >= 4 is 15.6 Å². The standard InChI is InChI=1S/C17H22N2O13P2/c20-7-10-2-1-3-11(6-10)8-29-33(25,26)32-34(27,28)30-9-12-14(22)15(23)16(31-12)19-5-4-13(21)18-17(19)24/h1-6,12,14-16,20,22-23H,7-9H2,(H,25,26)(H,27,28)(H,18,21,24)/p-2/t12-,14-,15-,16-/m1/s1. The Morgan fingerprint density at radius 2 is 1.85 bits per heavy atom. The van der Waals surface area contributed by atoms with E-state index in [1.807, 2.05) is 0 Å². The highest BCUT2D eigenvalue weighted by Crippen LogP contribution is 2.58. The highest BCUT2D eigenvalue weighted by atomic mass is 31.3. The van der Waals surface area contributed by atoms with Crippen LogP contribution in [0.5, 0.6) is 5.88 Å². The van der Waals surface area contributed by atoms with Gasteiger partial charge in [-0.2, -0.15) is 0 Å². The molecule has 0 bridgehead atoms. The number of phosphoric acid groups is 2. The zero-order valence-electron chi connectivity index (χ0n) is 17.1. The van der Waals surface area contributed by atoms with E-state index in [0.717, 1.165) is 16.8 Å². The summed E-state index contributed by atoms with van der Waals surface area (Å²) in [5, 5.41) is 40.4. The molecule has 1 aromatic carbocycles. The first-order valence-electron chi connectivity index (χ1n) is 9.51. The summed E-state index contributed by atoms with van der Waals surface area (Å²) in [6.45, 7) is -1.78. The lowest BCUT2D eigenvalue weighted by atomic mass is 10.1. The molecular formula is C17H20N2O13P2-2. The van der Waals surface area contributed by atoms with E-state index in [4.69, 9.17) is 9.84 Å². The molecule has 1 aromatic heterocycles. The average Bonchev–Trinajstić information content (AvgIpc) is 3.04. The molecule has 188 valence electrons. The van der Waals surface area contributed by atoms with E-state index in [0.29, 0.717) is 11.1 Å². The molecule has 0 amide bonds. The van der Waals surface area contributed by atoms with Crippen LogP contribution in [0.15, 0.2) is 41.3 Å². The fraction of sp³-hybridized carbons (Fsp3) is 0.412. The lowest BCUT2D eigenvalue weighted by Gasteiger charge is -2.25. The van der Waals surface area contributed by atoms with Crippen molar-refractivity contribution in [2.24, 2.45) is 0 Å². The molecule has 0 saturated carbocycles. The van der Waals surface area contributed by atoms with Crippen molar-refractivity contribution in [2.45, 2.75) is 37.8 Å². The fourth-order valence-electron chi connectivity index (χ4n) is 3.00. The molecular weight excluding hydrogens is 502 g/mol. The molecule has 3 rings (SSSR count). The van der Waals surface area contributed by atoms with Crippen LogP contribution in [0.25, 0.3) is 0 Å². The number of hydrogen-bond donors (Lipinski definition) is 4. The third kappa shape index (κ3) is 6.78. The lowest BCUT2D eigenvalue weighted by Crippen LogP contribution is -2.36. The maximum atomic E-state index is 12.1. The van der Waals surface area contributed by atoms with Crippen molar-refractivity contribution in [1.82, 2.24) is 9.55 Å². The third-order valence-electron chi connectivity index (χ3n) is 4.58. The Bertz CT molecular complexity index is 1160. The van der Waals surface area contributed by atoms with Crippen LogP contribution < -0.4 is 15.7 Å². The van der Waals surface area contributed by atoms with Gasteiger partial charge < -0.3 is 39.5 Å². The van der Waals surface area contributed by atoms with Crippen molar-refractivity contribution < 1.29 is 57.4 Å². The first kappa shape index (κ1) is 26.6. The molecule has 17 heteroatoms. The van der Waals surface area contributed by atoms with Gasteiger partial charge in [-0.05, 0) is 23.1 Å². The van der Waals surface area contributed by atoms with Crippen LogP contribution in [-0.4, -0.2) is 54.7 Å². The SMILES string of the molecule is O=c1nc([O-])ccn1[C@@H]1O[C@H](COP(=O)(O)OP(=O)([O-])OCc2cccc(CO)c2)[C@@H](O)[C@H]1O. The third-order valence-corrected chi connectivity index (χ3v) is 7.13. The van der Waals surface area contributed by atoms with Gasteiger partial charge in [0.1, 0.15) is 18.3 Å². The molecule has 2 aromatic rings. The second-order valence-corrected chi connectivity index (χ2v) is 10.0. The fourth-order valence-corrected chi connectivity index (χ4v) is 5.03. The molecule has 2 unspecified atom stereocenters. The molecule has 0 aliphatic carbocycles. The van der Waals surface area contributed by atoms with E-state index in [1.54, 1.807) is 6.07 Å². The summed E-state index contributed by atoms with van der Waals surface area (Å²) in [6, 6.07) is 6.96. The van der Waals surface area contributed by atoms with E-state index in [-0.39, 0.29) is 6.61 Å². The first-order chi connectivity index (χ1) is 15.9. The Kier molecular flexibility index (Phi) is 8.39. The van der Waals surface area contributed by atoms with Gasteiger partial charge >= 0.3 is 13.5 Å². The molecule has 15 nitrogen and oxygen atoms in total. The minimum Gasteiger partial charge on any atom is -0.858 e. The van der Waals surface area contributed by atoms with Gasteiger partial charge in [-0.15, -0.1) is 0 Å². The maximum absolute atomic E-state index is 12.1. The number of phosphoric ester groups is 2. The van der Waals surface area contributed by atoms with Crippen LogP contribution in [0.3, 0.4) is 0 Å². The van der Waals surface area contributed by atoms with Gasteiger partial charge in [-0.1, -0.05) is 24.3 Å². The molecule has 1 aliphatic heterocycles. The highest BCUT2D eigenvalue weighted by Gasteiger charge is 2.45. The van der Waals surface area contributed by atoms with E-state index in [2.05, 4.69) is 18.3 Å². The molecule has 1 aliphatic rings. The van der Waals surface area contributed by atoms with Gasteiger partial charge in [0.25, 0.3) is 7.82 Å². The molecule has 0 radical (unpaired) electrons. The Morgan fingerprint density at radius 3 is 2.53 bits per heavy atom. The normalized spacial score (nSPS) is 26.1. The number of aliphatic hydroxyl groups is 3. The van der Waals surface area contributed by atoms with Crippen LogP contribution in [0.1, 0.15) is 17.4 Å². The highest BCUT2D eigenvalue weighted by molar-refractivity contribution is 7.60. The minimum absolute atomic E-state index is 0.293. The van der Waals surface area contributed by atoms with Crippen molar-refractivity contribution in [3.05, 3.63) is 58.1 Å². The smallest absolute Gasteiger partial charge is 0.478 e. The van der Waals surface area contributed by atoms with Gasteiger partial charge in [0.15, 0.2) is 6.23 Å². The lowest BCUT2D eigenvalue weighted by molar-refractivity contribution is -0.275. The molecule has 34 heavy (non-hydrogen) atoms. The minimum atomic E-state index is -5.35. The molecule has 2 heterocycles. The van der Waals surface area contributed by atoms with E-state index in [1.165, 1.54) is 18.2 Å². The number of ether oxygens (including phenoxy) is 1.